The number of amides is 2. The van der Waals surface area contributed by atoms with Gasteiger partial charge in [0.05, 0.1) is 12.0 Å². The van der Waals surface area contributed by atoms with Gasteiger partial charge in [0, 0.05) is 12.1 Å². The first-order valence-corrected chi connectivity index (χ1v) is 10.3. The average molecular weight is 390 g/mol. The minimum atomic E-state index is -0.459. The second-order valence-corrected chi connectivity index (χ2v) is 9.32. The van der Waals surface area contributed by atoms with Crippen LogP contribution < -0.4 is 10.6 Å². The zero-order valence-electron chi connectivity index (χ0n) is 17.2. The molecule has 5 nitrogen and oxygen atoms in total. The van der Waals surface area contributed by atoms with Crippen LogP contribution in [0.15, 0.2) is 24.3 Å². The van der Waals surface area contributed by atoms with E-state index in [1.807, 2.05) is 20.8 Å². The van der Waals surface area contributed by atoms with Crippen LogP contribution >= 0.6 is 0 Å². The van der Waals surface area contributed by atoms with Gasteiger partial charge in [-0.2, -0.15) is 0 Å². The second-order valence-electron chi connectivity index (χ2n) is 9.32. The highest BCUT2D eigenvalue weighted by Crippen LogP contribution is 2.48. The van der Waals surface area contributed by atoms with Crippen LogP contribution in [-0.2, 0) is 15.0 Å². The van der Waals surface area contributed by atoms with E-state index < -0.39 is 5.41 Å². The van der Waals surface area contributed by atoms with Crippen LogP contribution in [-0.4, -0.2) is 48.4 Å². The van der Waals surface area contributed by atoms with Gasteiger partial charge in [0.25, 0.3) is 0 Å². The van der Waals surface area contributed by atoms with Crippen LogP contribution in [0.5, 0.6) is 0 Å². The summed E-state index contributed by atoms with van der Waals surface area (Å²) in [6, 6.07) is 6.30. The molecule has 1 aromatic rings. The third-order valence-electron chi connectivity index (χ3n) is 5.72. The van der Waals surface area contributed by atoms with E-state index in [9.17, 15) is 14.0 Å². The summed E-state index contributed by atoms with van der Waals surface area (Å²) in [7, 11) is 0. The first-order chi connectivity index (χ1) is 13.2. The number of piperidine rings is 1. The van der Waals surface area contributed by atoms with E-state index in [0.717, 1.165) is 44.3 Å². The Bertz CT molecular complexity index is 699. The van der Waals surface area contributed by atoms with Crippen molar-refractivity contribution in [3.8, 4) is 0 Å². The second kappa shape index (κ2) is 8.19. The monoisotopic (exact) mass is 389 g/mol. The molecule has 0 unspecified atom stereocenters. The molecule has 1 saturated carbocycles. The molecule has 6 heteroatoms. The van der Waals surface area contributed by atoms with Crippen LogP contribution in [0.4, 0.5) is 4.39 Å². The number of likely N-dealkylation sites (tertiary alicyclic amines) is 1. The van der Waals surface area contributed by atoms with Gasteiger partial charge in [-0.15, -0.1) is 0 Å². The lowest BCUT2D eigenvalue weighted by Crippen LogP contribution is -2.48. The predicted octanol–water partition coefficient (Wildman–Crippen LogP) is 2.60. The maximum atomic E-state index is 13.1. The number of halogens is 1. The van der Waals surface area contributed by atoms with Crippen molar-refractivity contribution in [2.45, 2.75) is 57.4 Å². The van der Waals surface area contributed by atoms with Gasteiger partial charge < -0.3 is 10.6 Å². The van der Waals surface area contributed by atoms with E-state index in [1.165, 1.54) is 12.1 Å². The van der Waals surface area contributed by atoms with Gasteiger partial charge in [-0.3, -0.25) is 14.5 Å². The molecule has 1 aliphatic carbocycles. The number of nitrogens with one attached hydrogen (secondary N) is 2. The van der Waals surface area contributed by atoms with E-state index in [2.05, 4.69) is 15.5 Å². The maximum Gasteiger partial charge on any atom is 0.234 e. The number of carbonyl (C=O) groups is 2. The lowest BCUT2D eigenvalue weighted by molar-refractivity contribution is -0.124. The molecule has 1 heterocycles. The molecule has 2 N–H and O–H groups in total. The number of carbonyl (C=O) groups excluding carboxylic acids is 2. The molecule has 28 heavy (non-hydrogen) atoms. The Kier molecular flexibility index (Phi) is 6.08. The molecule has 0 bridgehead atoms. The number of rotatable bonds is 6. The molecule has 3 rings (SSSR count). The van der Waals surface area contributed by atoms with E-state index in [-0.39, 0.29) is 23.2 Å². The molecule has 0 radical (unpaired) electrons. The van der Waals surface area contributed by atoms with Crippen LogP contribution in [0.3, 0.4) is 0 Å². The van der Waals surface area contributed by atoms with E-state index >= 15 is 0 Å². The van der Waals surface area contributed by atoms with Crippen molar-refractivity contribution in [3.05, 3.63) is 35.6 Å². The highest BCUT2D eigenvalue weighted by molar-refractivity contribution is 5.91. The normalized spacial score (nSPS) is 19.9. The summed E-state index contributed by atoms with van der Waals surface area (Å²) < 4.78 is 13.1. The fourth-order valence-corrected chi connectivity index (χ4v) is 3.96. The summed E-state index contributed by atoms with van der Waals surface area (Å²) in [6.45, 7) is 8.81. The molecular weight excluding hydrogens is 357 g/mol. The van der Waals surface area contributed by atoms with Crippen molar-refractivity contribution in [3.63, 3.8) is 0 Å². The minimum absolute atomic E-state index is 0.0612. The Balaban J connectivity index is 1.41. The van der Waals surface area contributed by atoms with Gasteiger partial charge in [0.2, 0.25) is 11.8 Å². The zero-order valence-corrected chi connectivity index (χ0v) is 17.2. The molecule has 0 spiro atoms. The van der Waals surface area contributed by atoms with Crippen molar-refractivity contribution in [1.82, 2.24) is 15.5 Å². The summed E-state index contributed by atoms with van der Waals surface area (Å²) >= 11 is 0. The number of benzene rings is 1. The molecule has 2 amide bonds. The topological polar surface area (TPSA) is 61.4 Å². The van der Waals surface area contributed by atoms with Crippen LogP contribution in [0.2, 0.25) is 0 Å². The van der Waals surface area contributed by atoms with E-state index in [0.29, 0.717) is 19.0 Å². The first kappa shape index (κ1) is 20.8. The lowest BCUT2D eigenvalue weighted by Gasteiger charge is -2.32. The Labute approximate surface area is 167 Å². The van der Waals surface area contributed by atoms with Crippen molar-refractivity contribution in [1.29, 1.82) is 0 Å². The SMILES string of the molecule is CC(C)(C)NC(=O)CN1CCC(CNC(=O)C2(c3ccc(F)cc3)CC2)CC1. The largest absolute Gasteiger partial charge is 0.355 e. The number of nitrogens with zero attached hydrogens (tertiary/aromatic N) is 1. The smallest absolute Gasteiger partial charge is 0.234 e. The maximum absolute atomic E-state index is 13.1. The minimum Gasteiger partial charge on any atom is -0.355 e. The summed E-state index contributed by atoms with van der Waals surface area (Å²) in [4.78, 5) is 27.0. The van der Waals surface area contributed by atoms with Crippen molar-refractivity contribution < 1.29 is 14.0 Å². The molecule has 154 valence electrons. The fourth-order valence-electron chi connectivity index (χ4n) is 3.96. The van der Waals surface area contributed by atoms with Gasteiger partial charge in [-0.1, -0.05) is 12.1 Å². The van der Waals surface area contributed by atoms with Gasteiger partial charge in [0.1, 0.15) is 5.82 Å². The number of hydrogen-bond donors (Lipinski definition) is 2. The van der Waals surface area contributed by atoms with Gasteiger partial charge >= 0.3 is 0 Å². The Morgan fingerprint density at radius 2 is 1.75 bits per heavy atom. The molecule has 2 aliphatic rings. The lowest BCUT2D eigenvalue weighted by atomic mass is 9.93. The molecule has 1 saturated heterocycles. The standard InChI is InChI=1S/C22H32FN3O2/c1-21(2,3)25-19(27)15-26-12-8-16(9-13-26)14-24-20(28)22(10-11-22)17-4-6-18(23)7-5-17/h4-7,16H,8-15H2,1-3H3,(H,24,28)(H,25,27). The molecular formula is C22H32FN3O2. The van der Waals surface area contributed by atoms with E-state index in [1.54, 1.807) is 12.1 Å². The van der Waals surface area contributed by atoms with Gasteiger partial charge in [-0.25, -0.2) is 4.39 Å². The highest BCUT2D eigenvalue weighted by atomic mass is 19.1. The molecule has 0 atom stereocenters. The summed E-state index contributed by atoms with van der Waals surface area (Å²) in [6.07, 6.45) is 3.61. The first-order valence-electron chi connectivity index (χ1n) is 10.3. The third-order valence-corrected chi connectivity index (χ3v) is 5.72. The molecule has 1 aromatic carbocycles. The Morgan fingerprint density at radius 3 is 2.29 bits per heavy atom. The highest BCUT2D eigenvalue weighted by Gasteiger charge is 2.51. The summed E-state index contributed by atoms with van der Waals surface area (Å²) in [5.74, 6) is 0.290. The van der Waals surface area contributed by atoms with Crippen molar-refractivity contribution in [2.75, 3.05) is 26.2 Å². The Hall–Kier alpha value is -1.95. The quantitative estimate of drug-likeness (QED) is 0.786. The van der Waals surface area contributed by atoms with Crippen molar-refractivity contribution >= 4 is 11.8 Å². The molecule has 0 aromatic heterocycles. The van der Waals surface area contributed by atoms with Crippen LogP contribution in [0.25, 0.3) is 0 Å². The van der Waals surface area contributed by atoms with Crippen molar-refractivity contribution in [2.24, 2.45) is 5.92 Å². The third kappa shape index (κ3) is 5.31. The van der Waals surface area contributed by atoms with Crippen LogP contribution in [0.1, 0.15) is 52.0 Å². The Morgan fingerprint density at radius 1 is 1.14 bits per heavy atom. The predicted molar refractivity (Wildman–Crippen MR) is 107 cm³/mol. The number of hydrogen-bond acceptors (Lipinski definition) is 3. The zero-order chi connectivity index (χ0) is 20.4. The van der Waals surface area contributed by atoms with Crippen LogP contribution in [0, 0.1) is 11.7 Å². The van der Waals surface area contributed by atoms with E-state index in [4.69, 9.17) is 0 Å². The van der Waals surface area contributed by atoms with Gasteiger partial charge in [0.15, 0.2) is 0 Å². The average Bonchev–Trinajstić information content (AvgIpc) is 3.42. The summed E-state index contributed by atoms with van der Waals surface area (Å²) in [5, 5.41) is 6.12. The fraction of sp³-hybridized carbons (Fsp3) is 0.636. The molecule has 1 aliphatic heterocycles. The summed E-state index contributed by atoms with van der Waals surface area (Å²) in [5.41, 5.74) is 0.244. The van der Waals surface area contributed by atoms with Gasteiger partial charge in [-0.05, 0) is 83.2 Å². The molecule has 2 fully saturated rings.